The van der Waals surface area contributed by atoms with Gasteiger partial charge in [-0.3, -0.25) is 14.4 Å². The lowest BCUT2D eigenvalue weighted by molar-refractivity contribution is -0.118. The Morgan fingerprint density at radius 3 is 2.76 bits per heavy atom. The third-order valence-corrected chi connectivity index (χ3v) is 5.15. The highest BCUT2D eigenvalue weighted by Gasteiger charge is 2.33. The molecule has 7 nitrogen and oxygen atoms in total. The fraction of sp³-hybridized carbons (Fsp3) is 0.227. The van der Waals surface area contributed by atoms with E-state index in [4.69, 9.17) is 4.74 Å². The average molecular weight is 391 g/mol. The quantitative estimate of drug-likeness (QED) is 0.517. The number of amides is 2. The summed E-state index contributed by atoms with van der Waals surface area (Å²) in [5.74, 6) is -0.776. The standard InChI is InChI=1S/C22H21N3O4/c1-13-20(17-8-3-4-9-18(17)23-13)21(27)22(28)24-14-10-19(26)25(12-14)15-6-5-7-16(11-15)29-2/h3-9,11,14,23H,10,12H2,1-2H3,(H,24,28)/t14-/m0/s1. The van der Waals surface area contributed by atoms with Crippen molar-refractivity contribution in [2.45, 2.75) is 19.4 Å². The maximum atomic E-state index is 12.8. The van der Waals surface area contributed by atoms with Gasteiger partial charge in [-0.1, -0.05) is 24.3 Å². The van der Waals surface area contributed by atoms with Crippen LogP contribution in [0.1, 0.15) is 22.5 Å². The predicted molar refractivity (Wildman–Crippen MR) is 109 cm³/mol. The van der Waals surface area contributed by atoms with Gasteiger partial charge in [0.15, 0.2) is 0 Å². The van der Waals surface area contributed by atoms with Crippen LogP contribution in [0.2, 0.25) is 0 Å². The lowest BCUT2D eigenvalue weighted by Crippen LogP contribution is -2.41. The van der Waals surface area contributed by atoms with Crippen LogP contribution in [0.5, 0.6) is 5.75 Å². The van der Waals surface area contributed by atoms with Crippen LogP contribution < -0.4 is 15.0 Å². The Morgan fingerprint density at radius 2 is 1.97 bits per heavy atom. The molecule has 7 heteroatoms. The van der Waals surface area contributed by atoms with E-state index >= 15 is 0 Å². The molecule has 2 aromatic carbocycles. The first-order valence-electron chi connectivity index (χ1n) is 9.35. The molecule has 1 saturated heterocycles. The van der Waals surface area contributed by atoms with E-state index in [1.165, 1.54) is 0 Å². The minimum absolute atomic E-state index is 0.112. The minimum atomic E-state index is -0.705. The Bertz CT molecular complexity index is 1120. The number of hydrogen-bond acceptors (Lipinski definition) is 4. The van der Waals surface area contributed by atoms with E-state index in [2.05, 4.69) is 10.3 Å². The maximum absolute atomic E-state index is 12.8. The van der Waals surface area contributed by atoms with Crippen LogP contribution in [-0.2, 0) is 9.59 Å². The molecule has 0 saturated carbocycles. The van der Waals surface area contributed by atoms with E-state index in [0.29, 0.717) is 34.6 Å². The fourth-order valence-electron chi connectivity index (χ4n) is 3.77. The Kier molecular flexibility index (Phi) is 4.80. The molecule has 1 aliphatic heterocycles. The van der Waals surface area contributed by atoms with E-state index in [-0.39, 0.29) is 12.3 Å². The molecule has 0 bridgehead atoms. The van der Waals surface area contributed by atoms with Crippen molar-refractivity contribution in [3.05, 3.63) is 59.8 Å². The van der Waals surface area contributed by atoms with Gasteiger partial charge in [-0.2, -0.15) is 0 Å². The summed E-state index contributed by atoms with van der Waals surface area (Å²) in [6.07, 6.45) is 0.142. The second-order valence-electron chi connectivity index (χ2n) is 7.08. The van der Waals surface area contributed by atoms with Gasteiger partial charge in [-0.05, 0) is 25.1 Å². The first-order valence-corrected chi connectivity index (χ1v) is 9.35. The number of nitrogens with one attached hydrogen (secondary N) is 2. The van der Waals surface area contributed by atoms with Crippen LogP contribution in [-0.4, -0.2) is 42.3 Å². The predicted octanol–water partition coefficient (Wildman–Crippen LogP) is 2.59. The Hall–Kier alpha value is -3.61. The number of hydrogen-bond donors (Lipinski definition) is 2. The van der Waals surface area contributed by atoms with Gasteiger partial charge >= 0.3 is 0 Å². The van der Waals surface area contributed by atoms with Crippen molar-refractivity contribution < 1.29 is 19.1 Å². The topological polar surface area (TPSA) is 91.5 Å². The number of para-hydroxylation sites is 1. The normalized spacial score (nSPS) is 16.3. The summed E-state index contributed by atoms with van der Waals surface area (Å²) in [7, 11) is 1.56. The third kappa shape index (κ3) is 3.47. The van der Waals surface area contributed by atoms with Crippen molar-refractivity contribution in [3.63, 3.8) is 0 Å². The average Bonchev–Trinajstić information content (AvgIpc) is 3.25. The van der Waals surface area contributed by atoms with Crippen LogP contribution in [0.15, 0.2) is 48.5 Å². The number of anilines is 1. The van der Waals surface area contributed by atoms with Crippen LogP contribution >= 0.6 is 0 Å². The number of methoxy groups -OCH3 is 1. The number of Topliss-reactive ketones (excluding diaryl/α,β-unsaturated/α-hetero) is 1. The number of carbonyl (C=O) groups is 3. The van der Waals surface area contributed by atoms with Crippen LogP contribution in [0, 0.1) is 6.92 Å². The summed E-state index contributed by atoms with van der Waals surface area (Å²) in [6, 6.07) is 14.1. The molecule has 3 aromatic rings. The van der Waals surface area contributed by atoms with E-state index in [1.54, 1.807) is 37.1 Å². The second-order valence-corrected chi connectivity index (χ2v) is 7.08. The van der Waals surface area contributed by atoms with Gasteiger partial charge in [0, 0.05) is 41.3 Å². The summed E-state index contributed by atoms with van der Waals surface area (Å²) >= 11 is 0. The van der Waals surface area contributed by atoms with Crippen molar-refractivity contribution in [3.8, 4) is 5.75 Å². The molecule has 2 N–H and O–H groups in total. The summed E-state index contributed by atoms with van der Waals surface area (Å²) < 4.78 is 5.20. The number of aryl methyl sites for hydroxylation is 1. The molecule has 2 heterocycles. The number of carbonyl (C=O) groups excluding carboxylic acids is 3. The SMILES string of the molecule is COc1cccc(N2C[C@@H](NC(=O)C(=O)c3c(C)[nH]c4ccccc34)CC2=O)c1. The van der Waals surface area contributed by atoms with Gasteiger partial charge in [0.25, 0.3) is 11.7 Å². The highest BCUT2D eigenvalue weighted by molar-refractivity contribution is 6.45. The largest absolute Gasteiger partial charge is 0.497 e. The number of ketones is 1. The number of H-pyrrole nitrogens is 1. The molecule has 0 radical (unpaired) electrons. The number of ether oxygens (including phenoxy) is 1. The Labute approximate surface area is 167 Å². The summed E-state index contributed by atoms with van der Waals surface area (Å²) in [6.45, 7) is 2.07. The van der Waals surface area contributed by atoms with E-state index < -0.39 is 17.7 Å². The Balaban J connectivity index is 1.49. The van der Waals surface area contributed by atoms with Gasteiger partial charge in [-0.25, -0.2) is 0 Å². The molecule has 0 unspecified atom stereocenters. The van der Waals surface area contributed by atoms with Gasteiger partial charge in [0.05, 0.1) is 18.7 Å². The molecule has 1 aliphatic rings. The van der Waals surface area contributed by atoms with E-state index in [1.807, 2.05) is 30.3 Å². The number of aromatic nitrogens is 1. The first kappa shape index (κ1) is 18.7. The highest BCUT2D eigenvalue weighted by Crippen LogP contribution is 2.26. The lowest BCUT2D eigenvalue weighted by atomic mass is 10.1. The third-order valence-electron chi connectivity index (χ3n) is 5.15. The molecule has 4 rings (SSSR count). The van der Waals surface area contributed by atoms with Crippen molar-refractivity contribution in [2.24, 2.45) is 0 Å². The summed E-state index contributed by atoms with van der Waals surface area (Å²) in [5, 5.41) is 3.44. The molecule has 29 heavy (non-hydrogen) atoms. The van der Waals surface area contributed by atoms with Gasteiger partial charge in [0.1, 0.15) is 5.75 Å². The summed E-state index contributed by atoms with van der Waals surface area (Å²) in [4.78, 5) is 42.6. The second kappa shape index (κ2) is 7.43. The first-order chi connectivity index (χ1) is 14.0. The molecule has 1 fully saturated rings. The van der Waals surface area contributed by atoms with Gasteiger partial charge in [0.2, 0.25) is 5.91 Å². The number of benzene rings is 2. The van der Waals surface area contributed by atoms with Crippen molar-refractivity contribution >= 4 is 34.2 Å². The van der Waals surface area contributed by atoms with Crippen LogP contribution in [0.3, 0.4) is 0 Å². The van der Waals surface area contributed by atoms with Crippen LogP contribution in [0.4, 0.5) is 5.69 Å². The zero-order valence-electron chi connectivity index (χ0n) is 16.2. The van der Waals surface area contributed by atoms with Crippen molar-refractivity contribution in [1.29, 1.82) is 0 Å². The summed E-state index contributed by atoms with van der Waals surface area (Å²) in [5.41, 5.74) is 2.52. The lowest BCUT2D eigenvalue weighted by Gasteiger charge is -2.17. The zero-order chi connectivity index (χ0) is 20.5. The van der Waals surface area contributed by atoms with E-state index in [0.717, 1.165) is 5.52 Å². The minimum Gasteiger partial charge on any atom is -0.497 e. The number of aromatic amines is 1. The molecule has 0 spiro atoms. The zero-order valence-corrected chi connectivity index (χ0v) is 16.2. The molecule has 0 aliphatic carbocycles. The monoisotopic (exact) mass is 391 g/mol. The maximum Gasteiger partial charge on any atom is 0.292 e. The van der Waals surface area contributed by atoms with E-state index in [9.17, 15) is 14.4 Å². The molecule has 1 aromatic heterocycles. The molecule has 148 valence electrons. The number of rotatable bonds is 5. The fourth-order valence-corrected chi connectivity index (χ4v) is 3.77. The molecular formula is C22H21N3O4. The molecular weight excluding hydrogens is 370 g/mol. The number of fused-ring (bicyclic) bond motifs is 1. The van der Waals surface area contributed by atoms with Gasteiger partial charge < -0.3 is 19.9 Å². The smallest absolute Gasteiger partial charge is 0.292 e. The van der Waals surface area contributed by atoms with Crippen molar-refractivity contribution in [1.82, 2.24) is 10.3 Å². The Morgan fingerprint density at radius 1 is 1.17 bits per heavy atom. The number of nitrogens with zero attached hydrogens (tertiary/aromatic N) is 1. The molecule has 1 atom stereocenters. The van der Waals surface area contributed by atoms with Crippen LogP contribution in [0.25, 0.3) is 10.9 Å². The highest BCUT2D eigenvalue weighted by atomic mass is 16.5. The van der Waals surface area contributed by atoms with Gasteiger partial charge in [-0.15, -0.1) is 0 Å². The molecule has 2 amide bonds. The van der Waals surface area contributed by atoms with Crippen molar-refractivity contribution in [2.75, 3.05) is 18.6 Å².